The molecular formula is C25H25FN6O3S. The van der Waals surface area contributed by atoms with Gasteiger partial charge in [-0.3, -0.25) is 19.9 Å². The van der Waals surface area contributed by atoms with Gasteiger partial charge in [-0.15, -0.1) is 0 Å². The highest BCUT2D eigenvalue weighted by atomic mass is 32.2. The SMILES string of the molecule is COc1cc(C=C2SC(=O)NC2=O)nc(N2CCC(CNCc3ccc4ccc(F)cc4n3)CC2)n1. The molecule has 2 aliphatic heterocycles. The first-order valence-corrected chi connectivity index (χ1v) is 12.5. The van der Waals surface area contributed by atoms with Crippen molar-refractivity contribution in [1.29, 1.82) is 0 Å². The van der Waals surface area contributed by atoms with Crippen molar-refractivity contribution in [1.82, 2.24) is 25.6 Å². The first-order chi connectivity index (χ1) is 17.5. The number of halogens is 1. The van der Waals surface area contributed by atoms with Crippen LogP contribution in [0.15, 0.2) is 41.3 Å². The van der Waals surface area contributed by atoms with E-state index < -0.39 is 11.1 Å². The molecule has 0 radical (unpaired) electrons. The Hall–Kier alpha value is -3.57. The predicted molar refractivity (Wildman–Crippen MR) is 136 cm³/mol. The van der Waals surface area contributed by atoms with Gasteiger partial charge in [-0.2, -0.15) is 4.98 Å². The topological polar surface area (TPSA) is 109 Å². The Morgan fingerprint density at radius 3 is 2.72 bits per heavy atom. The van der Waals surface area contributed by atoms with E-state index in [9.17, 15) is 14.0 Å². The van der Waals surface area contributed by atoms with Gasteiger partial charge in [-0.05, 0) is 61.3 Å². The summed E-state index contributed by atoms with van der Waals surface area (Å²) in [4.78, 5) is 39.3. The van der Waals surface area contributed by atoms with Crippen LogP contribution < -0.4 is 20.3 Å². The average Bonchev–Trinajstić information content (AvgIpc) is 3.20. The summed E-state index contributed by atoms with van der Waals surface area (Å²) in [6.45, 7) is 3.05. The number of amides is 2. The summed E-state index contributed by atoms with van der Waals surface area (Å²) in [6.07, 6.45) is 3.50. The molecule has 2 saturated heterocycles. The third-order valence-electron chi connectivity index (χ3n) is 6.19. The molecule has 1 aromatic carbocycles. The van der Waals surface area contributed by atoms with Gasteiger partial charge >= 0.3 is 0 Å². The third kappa shape index (κ3) is 5.63. The van der Waals surface area contributed by atoms with Crippen molar-refractivity contribution in [3.63, 3.8) is 0 Å². The zero-order valence-electron chi connectivity index (χ0n) is 19.7. The molecule has 2 N–H and O–H groups in total. The van der Waals surface area contributed by atoms with E-state index in [0.29, 0.717) is 40.4 Å². The van der Waals surface area contributed by atoms with Crippen LogP contribution in [0.25, 0.3) is 17.0 Å². The number of imide groups is 1. The highest BCUT2D eigenvalue weighted by Gasteiger charge is 2.26. The average molecular weight is 509 g/mol. The Kier molecular flexibility index (Phi) is 7.10. The fraction of sp³-hybridized carbons (Fsp3) is 0.320. The lowest BCUT2D eigenvalue weighted by molar-refractivity contribution is -0.115. The number of rotatable bonds is 7. The van der Waals surface area contributed by atoms with Crippen molar-refractivity contribution < 1.29 is 18.7 Å². The van der Waals surface area contributed by atoms with Crippen LogP contribution in [-0.4, -0.2) is 52.8 Å². The highest BCUT2D eigenvalue weighted by molar-refractivity contribution is 8.18. The lowest BCUT2D eigenvalue weighted by atomic mass is 9.97. The Balaban J connectivity index is 1.17. The molecule has 5 rings (SSSR count). The molecule has 0 unspecified atom stereocenters. The number of nitrogens with zero attached hydrogens (tertiary/aromatic N) is 4. The number of nitrogens with one attached hydrogen (secondary N) is 2. The summed E-state index contributed by atoms with van der Waals surface area (Å²) in [5.74, 6) is 0.719. The number of aromatic nitrogens is 3. The second-order valence-corrected chi connectivity index (χ2v) is 9.70. The summed E-state index contributed by atoms with van der Waals surface area (Å²) in [6, 6.07) is 10.2. The second kappa shape index (κ2) is 10.6. The van der Waals surface area contributed by atoms with E-state index >= 15 is 0 Å². The van der Waals surface area contributed by atoms with E-state index in [4.69, 9.17) is 4.74 Å². The van der Waals surface area contributed by atoms with Crippen molar-refractivity contribution in [3.05, 3.63) is 58.5 Å². The second-order valence-electron chi connectivity index (χ2n) is 8.69. The number of fused-ring (bicyclic) bond motifs is 1. The molecule has 2 aliphatic rings. The molecule has 0 aliphatic carbocycles. The van der Waals surface area contributed by atoms with Crippen molar-refractivity contribution in [2.24, 2.45) is 5.92 Å². The minimum atomic E-state index is -0.427. The summed E-state index contributed by atoms with van der Waals surface area (Å²) < 4.78 is 18.8. The lowest BCUT2D eigenvalue weighted by Gasteiger charge is -2.32. The van der Waals surface area contributed by atoms with Crippen molar-refractivity contribution in [3.8, 4) is 5.88 Å². The number of hydrogen-bond donors (Lipinski definition) is 2. The molecular weight excluding hydrogens is 483 g/mol. The fourth-order valence-corrected chi connectivity index (χ4v) is 4.94. The smallest absolute Gasteiger partial charge is 0.290 e. The molecule has 9 nitrogen and oxygen atoms in total. The van der Waals surface area contributed by atoms with Crippen LogP contribution in [0, 0.1) is 11.7 Å². The van der Waals surface area contributed by atoms with E-state index in [-0.39, 0.29) is 5.82 Å². The standard InChI is InChI=1S/C25H25FN6O3S/c1-35-22-12-19(11-21-23(33)31-25(34)36-21)29-24(30-22)32-8-6-15(7-9-32)13-27-14-18-5-3-16-2-4-17(26)10-20(16)28-18/h2-5,10-12,15,27H,6-9,13-14H2,1H3,(H,31,33,34). The summed E-state index contributed by atoms with van der Waals surface area (Å²) in [7, 11) is 1.53. The Labute approximate surface area is 211 Å². The van der Waals surface area contributed by atoms with E-state index in [1.54, 1.807) is 18.2 Å². The number of carbonyl (C=O) groups excluding carboxylic acids is 2. The van der Waals surface area contributed by atoms with Gasteiger partial charge in [0.25, 0.3) is 11.1 Å². The minimum absolute atomic E-state index is 0.284. The molecule has 4 heterocycles. The first-order valence-electron chi connectivity index (χ1n) is 11.7. The number of carbonyl (C=O) groups is 2. The van der Waals surface area contributed by atoms with Gasteiger partial charge in [0.15, 0.2) is 0 Å². The van der Waals surface area contributed by atoms with Crippen molar-refractivity contribution >= 4 is 45.8 Å². The van der Waals surface area contributed by atoms with E-state index in [1.165, 1.54) is 19.2 Å². The summed E-state index contributed by atoms with van der Waals surface area (Å²) in [5.41, 5.74) is 2.05. The van der Waals surface area contributed by atoms with Gasteiger partial charge in [0, 0.05) is 37.2 Å². The van der Waals surface area contributed by atoms with Gasteiger partial charge in [-0.1, -0.05) is 6.07 Å². The Bertz CT molecular complexity index is 1340. The van der Waals surface area contributed by atoms with Crippen LogP contribution in [0.3, 0.4) is 0 Å². The molecule has 2 fully saturated rings. The number of pyridine rings is 1. The molecule has 0 spiro atoms. The Morgan fingerprint density at radius 2 is 1.97 bits per heavy atom. The Morgan fingerprint density at radius 1 is 1.17 bits per heavy atom. The number of methoxy groups -OCH3 is 1. The van der Waals surface area contributed by atoms with Crippen LogP contribution >= 0.6 is 11.8 Å². The fourth-order valence-electron chi connectivity index (χ4n) is 4.28. The third-order valence-corrected chi connectivity index (χ3v) is 7.00. The van der Waals surface area contributed by atoms with Gasteiger partial charge in [0.2, 0.25) is 11.8 Å². The molecule has 0 saturated carbocycles. The lowest BCUT2D eigenvalue weighted by Crippen LogP contribution is -2.38. The van der Waals surface area contributed by atoms with Crippen molar-refractivity contribution in [2.45, 2.75) is 19.4 Å². The number of thioether (sulfide) groups is 1. The van der Waals surface area contributed by atoms with Gasteiger partial charge in [0.05, 0.1) is 28.9 Å². The van der Waals surface area contributed by atoms with Crippen molar-refractivity contribution in [2.75, 3.05) is 31.6 Å². The number of benzene rings is 1. The number of hydrogen-bond acceptors (Lipinski definition) is 9. The van der Waals surface area contributed by atoms with E-state index in [2.05, 4.69) is 30.5 Å². The molecule has 36 heavy (non-hydrogen) atoms. The summed E-state index contributed by atoms with van der Waals surface area (Å²) >= 11 is 0.849. The van der Waals surface area contributed by atoms with Crippen LogP contribution in [0.5, 0.6) is 5.88 Å². The molecule has 3 aromatic rings. The number of anilines is 1. The van der Waals surface area contributed by atoms with Gasteiger partial charge in [-0.25, -0.2) is 9.37 Å². The minimum Gasteiger partial charge on any atom is -0.481 e. The number of piperidine rings is 1. The summed E-state index contributed by atoms with van der Waals surface area (Å²) in [5, 5.41) is 6.25. The number of ether oxygens (including phenoxy) is 1. The van der Waals surface area contributed by atoms with Gasteiger partial charge in [0.1, 0.15) is 5.82 Å². The van der Waals surface area contributed by atoms with Gasteiger partial charge < -0.3 is 15.0 Å². The first kappa shape index (κ1) is 24.1. The van der Waals surface area contributed by atoms with Crippen LogP contribution in [0.4, 0.5) is 15.1 Å². The maximum Gasteiger partial charge on any atom is 0.290 e. The van der Waals surface area contributed by atoms with Crippen LogP contribution in [-0.2, 0) is 11.3 Å². The maximum absolute atomic E-state index is 13.5. The molecule has 11 heteroatoms. The zero-order valence-corrected chi connectivity index (χ0v) is 20.5. The normalized spacial score (nSPS) is 17.7. The zero-order chi connectivity index (χ0) is 25.1. The maximum atomic E-state index is 13.5. The molecule has 0 atom stereocenters. The highest BCUT2D eigenvalue weighted by Crippen LogP contribution is 2.28. The molecule has 2 amide bonds. The molecule has 2 aromatic heterocycles. The van der Waals surface area contributed by atoms with Crippen LogP contribution in [0.2, 0.25) is 0 Å². The predicted octanol–water partition coefficient (Wildman–Crippen LogP) is 3.50. The quantitative estimate of drug-likeness (QED) is 0.464. The largest absolute Gasteiger partial charge is 0.481 e. The monoisotopic (exact) mass is 508 g/mol. The molecule has 0 bridgehead atoms. The molecule has 186 valence electrons. The van der Waals surface area contributed by atoms with Crippen LogP contribution in [0.1, 0.15) is 24.2 Å². The van der Waals surface area contributed by atoms with E-state index in [1.807, 2.05) is 12.1 Å². The van der Waals surface area contributed by atoms with E-state index in [0.717, 1.165) is 55.3 Å².